The number of nitrogens with zero attached hydrogens (tertiary/aromatic N) is 1. The molecule has 0 bridgehead atoms. The molecule has 0 aromatic heterocycles. The third-order valence-electron chi connectivity index (χ3n) is 2.96. The van der Waals surface area contributed by atoms with Crippen LogP contribution in [0.2, 0.25) is 5.02 Å². The van der Waals surface area contributed by atoms with Crippen molar-refractivity contribution < 1.29 is 0 Å². The van der Waals surface area contributed by atoms with Gasteiger partial charge in [0.2, 0.25) is 0 Å². The van der Waals surface area contributed by atoms with Crippen LogP contribution in [0.15, 0.2) is 24.3 Å². The molecule has 0 aliphatic rings. The first kappa shape index (κ1) is 14.5. The Kier molecular flexibility index (Phi) is 7.25. The van der Waals surface area contributed by atoms with Gasteiger partial charge in [0.05, 0.1) is 0 Å². The lowest BCUT2D eigenvalue weighted by Gasteiger charge is -2.17. The van der Waals surface area contributed by atoms with Crippen molar-refractivity contribution in [3.05, 3.63) is 34.9 Å². The third-order valence-corrected chi connectivity index (χ3v) is 3.22. The van der Waals surface area contributed by atoms with Gasteiger partial charge in [0, 0.05) is 11.6 Å². The lowest BCUT2D eigenvalue weighted by atomic mass is 10.2. The normalized spacial score (nSPS) is 11.1. The van der Waals surface area contributed by atoms with E-state index in [9.17, 15) is 0 Å². The minimum absolute atomic E-state index is 0.801. The fourth-order valence-corrected chi connectivity index (χ4v) is 1.93. The van der Waals surface area contributed by atoms with Crippen molar-refractivity contribution in [1.82, 2.24) is 10.2 Å². The summed E-state index contributed by atoms with van der Waals surface area (Å²) in [5.41, 5.74) is 1.29. The third kappa shape index (κ3) is 6.06. The van der Waals surface area contributed by atoms with E-state index in [1.165, 1.54) is 18.5 Å². The number of halogens is 1. The Labute approximate surface area is 110 Å². The molecular weight excluding hydrogens is 232 g/mol. The van der Waals surface area contributed by atoms with Gasteiger partial charge in [0.1, 0.15) is 0 Å². The van der Waals surface area contributed by atoms with Crippen LogP contribution in [0, 0.1) is 0 Å². The summed E-state index contributed by atoms with van der Waals surface area (Å²) in [6.45, 7) is 9.89. The highest BCUT2D eigenvalue weighted by molar-refractivity contribution is 6.30. The van der Waals surface area contributed by atoms with E-state index in [1.807, 2.05) is 12.1 Å². The van der Waals surface area contributed by atoms with Gasteiger partial charge in [-0.2, -0.15) is 0 Å². The number of nitrogens with one attached hydrogen (secondary N) is 1. The summed E-state index contributed by atoms with van der Waals surface area (Å²) < 4.78 is 0. The average Bonchev–Trinajstić information content (AvgIpc) is 2.36. The second-order valence-corrected chi connectivity index (χ2v) is 4.62. The largest absolute Gasteiger partial charge is 0.313 e. The molecule has 0 spiro atoms. The van der Waals surface area contributed by atoms with Crippen LogP contribution < -0.4 is 5.32 Å². The van der Waals surface area contributed by atoms with E-state index in [2.05, 4.69) is 36.2 Å². The predicted molar refractivity (Wildman–Crippen MR) is 75.6 cm³/mol. The Morgan fingerprint density at radius 2 is 1.76 bits per heavy atom. The zero-order valence-electron chi connectivity index (χ0n) is 10.9. The van der Waals surface area contributed by atoms with Crippen molar-refractivity contribution in [3.8, 4) is 0 Å². The smallest absolute Gasteiger partial charge is 0.0406 e. The Bertz CT molecular complexity index is 294. The summed E-state index contributed by atoms with van der Waals surface area (Å²) in [5, 5.41) is 4.26. The number of benzene rings is 1. The van der Waals surface area contributed by atoms with Crippen LogP contribution in [0.4, 0.5) is 0 Å². The van der Waals surface area contributed by atoms with Crippen LogP contribution in [0.1, 0.15) is 25.8 Å². The molecule has 0 aliphatic carbocycles. The van der Waals surface area contributed by atoms with Crippen LogP contribution in [-0.2, 0) is 6.54 Å². The first-order valence-corrected chi connectivity index (χ1v) is 6.81. The van der Waals surface area contributed by atoms with Gasteiger partial charge >= 0.3 is 0 Å². The van der Waals surface area contributed by atoms with Gasteiger partial charge in [-0.05, 0) is 50.3 Å². The first-order valence-electron chi connectivity index (χ1n) is 6.43. The van der Waals surface area contributed by atoms with Gasteiger partial charge in [0.15, 0.2) is 0 Å². The monoisotopic (exact) mass is 254 g/mol. The molecule has 0 unspecified atom stereocenters. The lowest BCUT2D eigenvalue weighted by molar-refractivity contribution is 0.298. The van der Waals surface area contributed by atoms with Crippen molar-refractivity contribution in [2.24, 2.45) is 0 Å². The van der Waals surface area contributed by atoms with Gasteiger partial charge in [-0.1, -0.05) is 37.6 Å². The molecule has 17 heavy (non-hydrogen) atoms. The molecule has 0 fully saturated rings. The van der Waals surface area contributed by atoms with Crippen molar-refractivity contribution >= 4 is 11.6 Å². The fraction of sp³-hybridized carbons (Fsp3) is 0.571. The molecule has 2 nitrogen and oxygen atoms in total. The second-order valence-electron chi connectivity index (χ2n) is 4.18. The molecule has 0 radical (unpaired) electrons. The molecule has 0 saturated carbocycles. The molecule has 0 heterocycles. The van der Waals surface area contributed by atoms with Gasteiger partial charge in [-0.3, -0.25) is 0 Å². The van der Waals surface area contributed by atoms with Crippen LogP contribution in [0.3, 0.4) is 0 Å². The maximum atomic E-state index is 5.84. The standard InChI is InChI=1S/C14H23ClN2/c1-3-17(4-2)11-5-10-16-12-13-6-8-14(15)9-7-13/h6-9,16H,3-5,10-12H2,1-2H3. The maximum absolute atomic E-state index is 5.84. The van der Waals surface area contributed by atoms with Gasteiger partial charge < -0.3 is 10.2 Å². The van der Waals surface area contributed by atoms with Crippen molar-refractivity contribution in [3.63, 3.8) is 0 Å². The summed E-state index contributed by atoms with van der Waals surface area (Å²) in [7, 11) is 0. The molecule has 96 valence electrons. The zero-order valence-corrected chi connectivity index (χ0v) is 11.6. The SMILES string of the molecule is CCN(CC)CCCNCc1ccc(Cl)cc1. The molecule has 1 N–H and O–H groups in total. The highest BCUT2D eigenvalue weighted by atomic mass is 35.5. The molecule has 3 heteroatoms. The van der Waals surface area contributed by atoms with E-state index in [1.54, 1.807) is 0 Å². The Morgan fingerprint density at radius 3 is 2.35 bits per heavy atom. The summed E-state index contributed by atoms with van der Waals surface area (Å²) in [6, 6.07) is 8.02. The molecule has 0 saturated heterocycles. The van der Waals surface area contributed by atoms with Gasteiger partial charge in [-0.25, -0.2) is 0 Å². The molecule has 1 aromatic rings. The molecule has 1 aromatic carbocycles. The predicted octanol–water partition coefficient (Wildman–Crippen LogP) is 3.16. The van der Waals surface area contributed by atoms with E-state index in [-0.39, 0.29) is 0 Å². The van der Waals surface area contributed by atoms with E-state index < -0.39 is 0 Å². The number of hydrogen-bond acceptors (Lipinski definition) is 2. The summed E-state index contributed by atoms with van der Waals surface area (Å²) in [5.74, 6) is 0. The number of rotatable bonds is 8. The summed E-state index contributed by atoms with van der Waals surface area (Å²) >= 11 is 5.84. The first-order chi connectivity index (χ1) is 8.26. The van der Waals surface area contributed by atoms with Crippen LogP contribution in [-0.4, -0.2) is 31.1 Å². The lowest BCUT2D eigenvalue weighted by Crippen LogP contribution is -2.27. The highest BCUT2D eigenvalue weighted by Crippen LogP contribution is 2.08. The topological polar surface area (TPSA) is 15.3 Å². The van der Waals surface area contributed by atoms with Crippen LogP contribution >= 0.6 is 11.6 Å². The Hall–Kier alpha value is -0.570. The molecule has 0 aliphatic heterocycles. The average molecular weight is 255 g/mol. The van der Waals surface area contributed by atoms with E-state index in [0.29, 0.717) is 0 Å². The number of hydrogen-bond donors (Lipinski definition) is 1. The van der Waals surface area contributed by atoms with Crippen molar-refractivity contribution in [2.75, 3.05) is 26.2 Å². The Balaban J connectivity index is 2.10. The van der Waals surface area contributed by atoms with Gasteiger partial charge in [0.25, 0.3) is 0 Å². The second kappa shape index (κ2) is 8.51. The quantitative estimate of drug-likeness (QED) is 0.717. The van der Waals surface area contributed by atoms with Crippen molar-refractivity contribution in [1.29, 1.82) is 0 Å². The molecule has 0 amide bonds. The molecular formula is C14H23ClN2. The van der Waals surface area contributed by atoms with E-state index in [0.717, 1.165) is 31.2 Å². The minimum Gasteiger partial charge on any atom is -0.313 e. The van der Waals surface area contributed by atoms with Crippen LogP contribution in [0.5, 0.6) is 0 Å². The van der Waals surface area contributed by atoms with E-state index >= 15 is 0 Å². The van der Waals surface area contributed by atoms with Crippen molar-refractivity contribution in [2.45, 2.75) is 26.8 Å². The summed E-state index contributed by atoms with van der Waals surface area (Å²) in [6.07, 6.45) is 1.20. The molecule has 1 rings (SSSR count). The Morgan fingerprint density at radius 1 is 1.12 bits per heavy atom. The fourth-order valence-electron chi connectivity index (χ4n) is 1.80. The maximum Gasteiger partial charge on any atom is 0.0406 e. The van der Waals surface area contributed by atoms with Crippen LogP contribution in [0.25, 0.3) is 0 Å². The minimum atomic E-state index is 0.801. The van der Waals surface area contributed by atoms with E-state index in [4.69, 9.17) is 11.6 Å². The summed E-state index contributed by atoms with van der Waals surface area (Å²) in [4.78, 5) is 2.45. The molecule has 0 atom stereocenters. The zero-order chi connectivity index (χ0) is 12.5. The highest BCUT2D eigenvalue weighted by Gasteiger charge is 1.98. The van der Waals surface area contributed by atoms with Gasteiger partial charge in [-0.15, -0.1) is 0 Å².